The van der Waals surface area contributed by atoms with Crippen LogP contribution in [0.25, 0.3) is 10.9 Å². The van der Waals surface area contributed by atoms with Gasteiger partial charge < -0.3 is 15.4 Å². The molecule has 0 saturated carbocycles. The molecule has 0 fully saturated rings. The van der Waals surface area contributed by atoms with Crippen LogP contribution in [0, 0.1) is 12.8 Å². The Morgan fingerprint density at radius 2 is 1.95 bits per heavy atom. The van der Waals surface area contributed by atoms with Crippen molar-refractivity contribution < 1.29 is 14.7 Å². The average Bonchev–Trinajstić information content (AvgIpc) is 2.72. The smallest absolute Gasteiger partial charge is 0.326 e. The molecule has 2 rings (SSSR count). The van der Waals surface area contributed by atoms with Crippen LogP contribution in [0.1, 0.15) is 25.1 Å². The van der Waals surface area contributed by atoms with E-state index in [2.05, 4.69) is 10.3 Å². The van der Waals surface area contributed by atoms with E-state index in [9.17, 15) is 9.59 Å². The molecule has 0 aliphatic heterocycles. The first kappa shape index (κ1) is 15.1. The van der Waals surface area contributed by atoms with Crippen LogP contribution in [0.5, 0.6) is 0 Å². The molecule has 0 spiro atoms. The number of carboxylic acids is 1. The van der Waals surface area contributed by atoms with E-state index in [0.717, 1.165) is 22.2 Å². The molecule has 1 aromatic carbocycles. The van der Waals surface area contributed by atoms with Crippen LogP contribution < -0.4 is 5.32 Å². The average molecular weight is 288 g/mol. The zero-order valence-electron chi connectivity index (χ0n) is 12.4. The number of para-hydroxylation sites is 1. The van der Waals surface area contributed by atoms with Gasteiger partial charge in [-0.3, -0.25) is 4.79 Å². The van der Waals surface area contributed by atoms with E-state index < -0.39 is 12.0 Å². The summed E-state index contributed by atoms with van der Waals surface area (Å²) in [6, 6.07) is 6.91. The monoisotopic (exact) mass is 288 g/mol. The van der Waals surface area contributed by atoms with Crippen molar-refractivity contribution in [3.8, 4) is 0 Å². The van der Waals surface area contributed by atoms with E-state index in [1.807, 2.05) is 31.2 Å². The van der Waals surface area contributed by atoms with Crippen LogP contribution in [-0.2, 0) is 16.0 Å². The van der Waals surface area contributed by atoms with Gasteiger partial charge in [-0.05, 0) is 24.5 Å². The highest BCUT2D eigenvalue weighted by atomic mass is 16.4. The van der Waals surface area contributed by atoms with Gasteiger partial charge in [0.2, 0.25) is 5.91 Å². The van der Waals surface area contributed by atoms with Crippen molar-refractivity contribution in [2.24, 2.45) is 5.92 Å². The number of benzene rings is 1. The lowest BCUT2D eigenvalue weighted by Gasteiger charge is -2.17. The summed E-state index contributed by atoms with van der Waals surface area (Å²) in [4.78, 5) is 26.5. The van der Waals surface area contributed by atoms with Crippen LogP contribution in [0.15, 0.2) is 24.3 Å². The molecule has 0 saturated heterocycles. The van der Waals surface area contributed by atoms with Crippen molar-refractivity contribution in [2.45, 2.75) is 33.2 Å². The predicted octanol–water partition coefficient (Wildman–Crippen LogP) is 2.24. The number of aromatic nitrogens is 1. The number of amides is 1. The zero-order valence-corrected chi connectivity index (χ0v) is 12.4. The number of carbonyl (C=O) groups excluding carboxylic acids is 1. The lowest BCUT2D eigenvalue weighted by molar-refractivity contribution is -0.143. The fraction of sp³-hybridized carbons (Fsp3) is 0.375. The van der Waals surface area contributed by atoms with Gasteiger partial charge in [0.1, 0.15) is 6.04 Å². The topological polar surface area (TPSA) is 82.2 Å². The molecular weight excluding hydrogens is 268 g/mol. The summed E-state index contributed by atoms with van der Waals surface area (Å²) in [5.41, 5.74) is 2.83. The number of carboxylic acid groups (broad SMARTS) is 1. The van der Waals surface area contributed by atoms with E-state index in [4.69, 9.17) is 5.11 Å². The van der Waals surface area contributed by atoms with Crippen LogP contribution >= 0.6 is 0 Å². The maximum Gasteiger partial charge on any atom is 0.326 e. The Morgan fingerprint density at radius 3 is 2.57 bits per heavy atom. The Hall–Kier alpha value is -2.30. The lowest BCUT2D eigenvalue weighted by Crippen LogP contribution is -2.44. The molecule has 2 aromatic rings. The minimum Gasteiger partial charge on any atom is -0.480 e. The summed E-state index contributed by atoms with van der Waals surface area (Å²) >= 11 is 0. The summed E-state index contributed by atoms with van der Waals surface area (Å²) in [7, 11) is 0. The van der Waals surface area contributed by atoms with E-state index in [1.54, 1.807) is 13.8 Å². The molecule has 0 aliphatic carbocycles. The van der Waals surface area contributed by atoms with E-state index >= 15 is 0 Å². The number of H-pyrrole nitrogens is 1. The van der Waals surface area contributed by atoms with Gasteiger partial charge in [0, 0.05) is 16.6 Å². The summed E-state index contributed by atoms with van der Waals surface area (Å²) in [6.07, 6.45) is 0.173. The summed E-state index contributed by atoms with van der Waals surface area (Å²) in [5, 5.41) is 12.7. The summed E-state index contributed by atoms with van der Waals surface area (Å²) < 4.78 is 0. The number of fused-ring (bicyclic) bond motifs is 1. The number of nitrogens with one attached hydrogen (secondary N) is 2. The highest BCUT2D eigenvalue weighted by Gasteiger charge is 2.24. The Labute approximate surface area is 123 Å². The molecule has 1 heterocycles. The molecular formula is C16H20N2O3. The van der Waals surface area contributed by atoms with Gasteiger partial charge in [-0.25, -0.2) is 4.79 Å². The number of rotatable bonds is 5. The number of hydrogen-bond donors (Lipinski definition) is 3. The highest BCUT2D eigenvalue weighted by Crippen LogP contribution is 2.22. The summed E-state index contributed by atoms with van der Waals surface area (Å²) in [6.45, 7) is 5.46. The van der Waals surface area contributed by atoms with Gasteiger partial charge in [0.25, 0.3) is 0 Å². The number of aryl methyl sites for hydroxylation is 1. The molecule has 0 radical (unpaired) electrons. The minimum atomic E-state index is -1.01. The predicted molar refractivity (Wildman–Crippen MR) is 81.1 cm³/mol. The maximum absolute atomic E-state index is 12.1. The zero-order chi connectivity index (χ0) is 15.6. The van der Waals surface area contributed by atoms with Crippen molar-refractivity contribution in [1.29, 1.82) is 0 Å². The molecule has 1 aromatic heterocycles. The van der Waals surface area contributed by atoms with E-state index in [-0.39, 0.29) is 18.2 Å². The van der Waals surface area contributed by atoms with Gasteiger partial charge in [0.15, 0.2) is 0 Å². The van der Waals surface area contributed by atoms with Crippen molar-refractivity contribution in [3.05, 3.63) is 35.5 Å². The molecule has 5 nitrogen and oxygen atoms in total. The quantitative estimate of drug-likeness (QED) is 0.789. The second-order valence-corrected chi connectivity index (χ2v) is 5.58. The first-order valence-corrected chi connectivity index (χ1v) is 6.98. The Kier molecular flexibility index (Phi) is 4.31. The fourth-order valence-electron chi connectivity index (χ4n) is 2.46. The molecule has 112 valence electrons. The number of aliphatic carboxylic acids is 1. The largest absolute Gasteiger partial charge is 0.480 e. The van der Waals surface area contributed by atoms with Crippen LogP contribution in [-0.4, -0.2) is 28.0 Å². The SMILES string of the molecule is Cc1[nH]c2ccccc2c1CC(=O)N[C@H](C(=O)O)C(C)C. The molecule has 5 heteroatoms. The van der Waals surface area contributed by atoms with Crippen molar-refractivity contribution in [2.75, 3.05) is 0 Å². The summed E-state index contributed by atoms with van der Waals surface area (Å²) in [5.74, 6) is -1.44. The van der Waals surface area contributed by atoms with Crippen molar-refractivity contribution in [3.63, 3.8) is 0 Å². The molecule has 21 heavy (non-hydrogen) atoms. The van der Waals surface area contributed by atoms with Crippen LogP contribution in [0.3, 0.4) is 0 Å². The van der Waals surface area contributed by atoms with Gasteiger partial charge in [-0.1, -0.05) is 32.0 Å². The Bertz CT molecular complexity index is 673. The minimum absolute atomic E-state index is 0.157. The molecule has 0 bridgehead atoms. The second-order valence-electron chi connectivity index (χ2n) is 5.58. The highest BCUT2D eigenvalue weighted by molar-refractivity contribution is 5.91. The Morgan fingerprint density at radius 1 is 1.29 bits per heavy atom. The van der Waals surface area contributed by atoms with E-state index in [0.29, 0.717) is 0 Å². The Balaban J connectivity index is 2.18. The lowest BCUT2D eigenvalue weighted by atomic mass is 10.0. The van der Waals surface area contributed by atoms with Crippen molar-refractivity contribution >= 4 is 22.8 Å². The number of aromatic amines is 1. The molecule has 1 amide bonds. The third-order valence-corrected chi connectivity index (χ3v) is 3.61. The van der Waals surface area contributed by atoms with Gasteiger partial charge in [-0.2, -0.15) is 0 Å². The second kappa shape index (κ2) is 5.99. The normalized spacial score (nSPS) is 12.6. The van der Waals surface area contributed by atoms with Crippen LogP contribution in [0.2, 0.25) is 0 Å². The van der Waals surface area contributed by atoms with Crippen molar-refractivity contribution in [1.82, 2.24) is 10.3 Å². The first-order valence-electron chi connectivity index (χ1n) is 6.98. The molecule has 3 N–H and O–H groups in total. The van der Waals surface area contributed by atoms with Gasteiger partial charge in [0.05, 0.1) is 6.42 Å². The first-order chi connectivity index (χ1) is 9.90. The standard InChI is InChI=1S/C16H20N2O3/c1-9(2)15(16(20)21)18-14(19)8-12-10(3)17-13-7-5-4-6-11(12)13/h4-7,9,15,17H,8H2,1-3H3,(H,18,19)(H,20,21)/t15-/m0/s1. The number of carbonyl (C=O) groups is 2. The molecule has 0 aliphatic rings. The molecule has 1 atom stereocenters. The third kappa shape index (κ3) is 3.24. The molecule has 0 unspecified atom stereocenters. The maximum atomic E-state index is 12.1. The van der Waals surface area contributed by atoms with Gasteiger partial charge >= 0.3 is 5.97 Å². The fourth-order valence-corrected chi connectivity index (χ4v) is 2.46. The number of hydrogen-bond acceptors (Lipinski definition) is 2. The van der Waals surface area contributed by atoms with Crippen LogP contribution in [0.4, 0.5) is 0 Å². The van der Waals surface area contributed by atoms with E-state index in [1.165, 1.54) is 0 Å². The van der Waals surface area contributed by atoms with Gasteiger partial charge in [-0.15, -0.1) is 0 Å². The third-order valence-electron chi connectivity index (χ3n) is 3.61.